The number of aryl methyl sites for hydroxylation is 1. The molecule has 0 saturated heterocycles. The van der Waals surface area contributed by atoms with E-state index in [4.69, 9.17) is 10.5 Å². The van der Waals surface area contributed by atoms with E-state index in [0.717, 1.165) is 23.3 Å². The largest absolute Gasteiger partial charge is 0.464 e. The Hall–Kier alpha value is -2.04. The van der Waals surface area contributed by atoms with E-state index in [1.807, 2.05) is 43.5 Å². The number of para-hydroxylation sites is 1. The van der Waals surface area contributed by atoms with Gasteiger partial charge in [-0.2, -0.15) is 0 Å². The number of esters is 1. The van der Waals surface area contributed by atoms with Crippen LogP contribution in [0.3, 0.4) is 0 Å². The van der Waals surface area contributed by atoms with Gasteiger partial charge in [0.2, 0.25) is 0 Å². The van der Waals surface area contributed by atoms with E-state index in [1.54, 1.807) is 0 Å². The Morgan fingerprint density at radius 1 is 1.45 bits per heavy atom. The van der Waals surface area contributed by atoms with Crippen LogP contribution in [0.2, 0.25) is 0 Å². The lowest BCUT2D eigenvalue weighted by Crippen LogP contribution is -2.17. The summed E-state index contributed by atoms with van der Waals surface area (Å²) < 4.78 is 7.12. The van der Waals surface area contributed by atoms with Gasteiger partial charge in [-0.25, -0.2) is 4.98 Å². The number of imidazole rings is 1. The number of hydrogen-bond donors (Lipinski definition) is 1. The minimum atomic E-state index is -0.241. The highest BCUT2D eigenvalue weighted by Crippen LogP contribution is 2.22. The molecular formula is C15H21N3O2. The van der Waals surface area contributed by atoms with Crippen molar-refractivity contribution in [3.8, 4) is 0 Å². The molecule has 0 radical (unpaired) electrons. The second-order valence-electron chi connectivity index (χ2n) is 5.26. The molecule has 5 nitrogen and oxygen atoms in total. The molecule has 0 spiro atoms. The minimum Gasteiger partial charge on any atom is -0.464 e. The van der Waals surface area contributed by atoms with E-state index in [2.05, 4.69) is 4.98 Å². The number of carbonyl (C=O) groups excluding carboxylic acids is 1. The summed E-state index contributed by atoms with van der Waals surface area (Å²) in [5, 5.41) is 0. The molecule has 0 aliphatic heterocycles. The van der Waals surface area contributed by atoms with Crippen molar-refractivity contribution in [2.24, 2.45) is 5.92 Å². The molecule has 5 heteroatoms. The fraction of sp³-hybridized carbons (Fsp3) is 0.467. The summed E-state index contributed by atoms with van der Waals surface area (Å²) in [4.78, 5) is 16.4. The lowest BCUT2D eigenvalue weighted by atomic mass is 10.2. The third-order valence-corrected chi connectivity index (χ3v) is 3.07. The van der Waals surface area contributed by atoms with E-state index < -0.39 is 0 Å². The zero-order valence-electron chi connectivity index (χ0n) is 12.2. The van der Waals surface area contributed by atoms with Gasteiger partial charge in [-0.3, -0.25) is 4.79 Å². The number of benzene rings is 1. The Labute approximate surface area is 118 Å². The quantitative estimate of drug-likeness (QED) is 0.672. The molecule has 0 unspecified atom stereocenters. The number of anilines is 1. The Balaban J connectivity index is 2.28. The van der Waals surface area contributed by atoms with Crippen LogP contribution in [0.1, 0.15) is 26.6 Å². The van der Waals surface area contributed by atoms with Crippen LogP contribution in [0.5, 0.6) is 0 Å². The molecule has 20 heavy (non-hydrogen) atoms. The lowest BCUT2D eigenvalue weighted by Gasteiger charge is -2.10. The summed E-state index contributed by atoms with van der Waals surface area (Å²) in [6, 6.07) is 5.61. The first-order chi connectivity index (χ1) is 9.52. The average molecular weight is 275 g/mol. The summed E-state index contributed by atoms with van der Waals surface area (Å²) in [5.41, 5.74) is 8.19. The number of hydrogen-bond acceptors (Lipinski definition) is 4. The summed E-state index contributed by atoms with van der Waals surface area (Å²) in [5.74, 6) is 0.939. The van der Waals surface area contributed by atoms with Gasteiger partial charge in [0.05, 0.1) is 17.8 Å². The average Bonchev–Trinajstić information content (AvgIpc) is 2.76. The highest BCUT2D eigenvalue weighted by atomic mass is 16.5. The predicted octanol–water partition coefficient (Wildman–Crippen LogP) is 2.38. The lowest BCUT2D eigenvalue weighted by molar-refractivity contribution is -0.145. The molecule has 0 amide bonds. The van der Waals surface area contributed by atoms with Crippen LogP contribution in [-0.2, 0) is 22.5 Å². The first-order valence-corrected chi connectivity index (χ1v) is 6.92. The van der Waals surface area contributed by atoms with Crippen molar-refractivity contribution in [3.63, 3.8) is 0 Å². The van der Waals surface area contributed by atoms with Crippen LogP contribution < -0.4 is 5.73 Å². The first kappa shape index (κ1) is 14.4. The summed E-state index contributed by atoms with van der Waals surface area (Å²) in [6.45, 7) is 6.65. The van der Waals surface area contributed by atoms with Crippen molar-refractivity contribution in [3.05, 3.63) is 24.0 Å². The Bertz CT molecular complexity index is 617. The van der Waals surface area contributed by atoms with E-state index in [0.29, 0.717) is 18.2 Å². The third kappa shape index (κ3) is 2.92. The van der Waals surface area contributed by atoms with Crippen LogP contribution in [0.4, 0.5) is 5.69 Å². The van der Waals surface area contributed by atoms with E-state index in [1.165, 1.54) is 0 Å². The van der Waals surface area contributed by atoms with Gasteiger partial charge >= 0.3 is 5.97 Å². The van der Waals surface area contributed by atoms with Crippen molar-refractivity contribution in [2.75, 3.05) is 12.3 Å². The Kier molecular flexibility index (Phi) is 4.27. The molecule has 2 rings (SSSR count). The molecule has 0 saturated carbocycles. The number of rotatable bonds is 5. The van der Waals surface area contributed by atoms with Crippen LogP contribution in [0.25, 0.3) is 11.0 Å². The molecular weight excluding hydrogens is 254 g/mol. The molecule has 1 heterocycles. The van der Waals surface area contributed by atoms with Crippen molar-refractivity contribution in [2.45, 2.75) is 33.7 Å². The fourth-order valence-corrected chi connectivity index (χ4v) is 2.10. The number of nitrogen functional groups attached to an aromatic ring is 1. The number of carbonyl (C=O) groups is 1. The first-order valence-electron chi connectivity index (χ1n) is 6.92. The second kappa shape index (κ2) is 5.94. The number of nitrogens with two attached hydrogens (primary N) is 1. The molecule has 108 valence electrons. The molecule has 0 fully saturated rings. The smallest absolute Gasteiger partial charge is 0.326 e. The van der Waals surface area contributed by atoms with Crippen LogP contribution in [0.15, 0.2) is 18.2 Å². The van der Waals surface area contributed by atoms with Crippen molar-refractivity contribution >= 4 is 22.7 Å². The number of aromatic nitrogens is 2. The SMILES string of the molecule is CCc1nc2c(N)cccc2n1CC(=O)OCC(C)C. The molecule has 1 aromatic heterocycles. The fourth-order valence-electron chi connectivity index (χ4n) is 2.10. The summed E-state index contributed by atoms with van der Waals surface area (Å²) in [7, 11) is 0. The van der Waals surface area contributed by atoms with E-state index >= 15 is 0 Å². The maximum atomic E-state index is 11.9. The molecule has 0 atom stereocenters. The molecule has 0 aliphatic rings. The standard InChI is InChI=1S/C15H21N3O2/c1-4-13-17-15-11(16)6-5-7-12(15)18(13)8-14(19)20-9-10(2)3/h5-7,10H,4,8-9,16H2,1-3H3. The highest BCUT2D eigenvalue weighted by molar-refractivity contribution is 5.88. The van der Waals surface area contributed by atoms with Gasteiger partial charge in [0.1, 0.15) is 17.9 Å². The molecule has 1 aromatic carbocycles. The number of nitrogens with zero attached hydrogens (tertiary/aromatic N) is 2. The Morgan fingerprint density at radius 3 is 2.85 bits per heavy atom. The van der Waals surface area contributed by atoms with E-state index in [9.17, 15) is 4.79 Å². The van der Waals surface area contributed by atoms with Crippen LogP contribution in [0, 0.1) is 5.92 Å². The maximum absolute atomic E-state index is 11.9. The normalized spacial score (nSPS) is 11.2. The molecule has 0 aliphatic carbocycles. The predicted molar refractivity (Wildman–Crippen MR) is 79.3 cm³/mol. The molecule has 2 N–H and O–H groups in total. The van der Waals surface area contributed by atoms with E-state index in [-0.39, 0.29) is 12.5 Å². The van der Waals surface area contributed by atoms with Crippen LogP contribution >= 0.6 is 0 Å². The van der Waals surface area contributed by atoms with Crippen molar-refractivity contribution in [1.82, 2.24) is 9.55 Å². The van der Waals surface area contributed by atoms with Gasteiger partial charge < -0.3 is 15.0 Å². The number of ether oxygens (including phenoxy) is 1. The minimum absolute atomic E-state index is 0.176. The zero-order chi connectivity index (χ0) is 14.7. The maximum Gasteiger partial charge on any atom is 0.326 e. The van der Waals surface area contributed by atoms with Gasteiger partial charge in [-0.05, 0) is 18.1 Å². The van der Waals surface area contributed by atoms with Crippen molar-refractivity contribution < 1.29 is 9.53 Å². The van der Waals surface area contributed by atoms with Gasteiger partial charge in [-0.1, -0.05) is 26.8 Å². The monoisotopic (exact) mass is 275 g/mol. The van der Waals surface area contributed by atoms with Gasteiger partial charge in [0, 0.05) is 6.42 Å². The second-order valence-corrected chi connectivity index (χ2v) is 5.26. The van der Waals surface area contributed by atoms with Crippen molar-refractivity contribution in [1.29, 1.82) is 0 Å². The van der Waals surface area contributed by atoms with Gasteiger partial charge in [0.25, 0.3) is 0 Å². The Morgan fingerprint density at radius 2 is 2.20 bits per heavy atom. The molecule has 0 bridgehead atoms. The third-order valence-electron chi connectivity index (χ3n) is 3.07. The summed E-state index contributed by atoms with van der Waals surface area (Å²) >= 11 is 0. The van der Waals surface area contributed by atoms with Gasteiger partial charge in [0.15, 0.2) is 0 Å². The molecule has 2 aromatic rings. The topological polar surface area (TPSA) is 70.1 Å². The highest BCUT2D eigenvalue weighted by Gasteiger charge is 2.14. The zero-order valence-corrected chi connectivity index (χ0v) is 12.2. The van der Waals surface area contributed by atoms with Crippen LogP contribution in [-0.4, -0.2) is 22.1 Å². The number of fused-ring (bicyclic) bond motifs is 1. The summed E-state index contributed by atoms with van der Waals surface area (Å²) in [6.07, 6.45) is 0.742. The van der Waals surface area contributed by atoms with Gasteiger partial charge in [-0.15, -0.1) is 0 Å².